The van der Waals surface area contributed by atoms with Gasteiger partial charge in [-0.2, -0.15) is 0 Å². The second-order valence-electron chi connectivity index (χ2n) is 16.6. The molecule has 4 nitrogen and oxygen atoms in total. The zero-order valence-electron chi connectivity index (χ0n) is 35.7. The zero-order chi connectivity index (χ0) is 43.0. The van der Waals surface area contributed by atoms with E-state index in [0.29, 0.717) is 17.5 Å². The minimum absolute atomic E-state index is 0.620. The van der Waals surface area contributed by atoms with Crippen molar-refractivity contribution in [1.82, 2.24) is 19.5 Å². The number of aromatic nitrogens is 4. The van der Waals surface area contributed by atoms with Gasteiger partial charge >= 0.3 is 367 Å². The predicted molar refractivity (Wildman–Crippen MR) is 269 cm³/mol. The summed E-state index contributed by atoms with van der Waals surface area (Å²) >= 11 is -3.64. The van der Waals surface area contributed by atoms with Crippen LogP contribution in [-0.4, -0.2) is 32.8 Å². The molecule has 11 rings (SSSR count). The van der Waals surface area contributed by atoms with Gasteiger partial charge in [-0.15, -0.1) is 0 Å². The summed E-state index contributed by atoms with van der Waals surface area (Å²) in [5.41, 5.74) is 10.9. The van der Waals surface area contributed by atoms with Crippen LogP contribution in [0.5, 0.6) is 0 Å². The van der Waals surface area contributed by atoms with Crippen LogP contribution in [-0.2, 0) is 0 Å². The van der Waals surface area contributed by atoms with Crippen molar-refractivity contribution in [2.75, 3.05) is 0 Å². The molecule has 9 aromatic carbocycles. The Morgan fingerprint density at radius 3 is 1.20 bits per heavy atom. The van der Waals surface area contributed by atoms with E-state index >= 15 is 0 Å². The topological polar surface area (TPSA) is 43.6 Å². The summed E-state index contributed by atoms with van der Waals surface area (Å²) in [6.07, 6.45) is 0. The predicted octanol–water partition coefficient (Wildman–Crippen LogP) is 11.6. The Bertz CT molecular complexity index is 3230. The van der Waals surface area contributed by atoms with Crippen LogP contribution in [0, 0.1) is 13.8 Å². The van der Waals surface area contributed by atoms with Gasteiger partial charge in [0.05, 0.1) is 0 Å². The van der Waals surface area contributed by atoms with Crippen LogP contribution >= 0.6 is 0 Å². The number of fused-ring (bicyclic) bond motifs is 3. The summed E-state index contributed by atoms with van der Waals surface area (Å²) in [7, 11) is 0. The molecule has 0 atom stereocenters. The average Bonchev–Trinajstić information content (AvgIpc) is 3.67. The van der Waals surface area contributed by atoms with Gasteiger partial charge in [-0.25, -0.2) is 0 Å². The Kier molecular flexibility index (Phi) is 10.1. The van der Waals surface area contributed by atoms with Crippen molar-refractivity contribution in [3.63, 3.8) is 0 Å². The fourth-order valence-electron chi connectivity index (χ4n) is 9.53. The SMILES string of the molecule is Cc1ccc2c(c1)c1cc(C)ccc1n2-c1ccc(-c2nc(-c3ccccc3)nc(-c3ccccc3)n2)cc1-c1ccc[c]([Ge]([c]2ccccc2)([c]2ccccc2)[c]2ccccc2)c1. The zero-order valence-corrected chi connectivity index (χ0v) is 37.8. The third kappa shape index (κ3) is 6.93. The molecule has 64 heavy (non-hydrogen) atoms. The van der Waals surface area contributed by atoms with Gasteiger partial charge in [-0.3, -0.25) is 0 Å². The van der Waals surface area contributed by atoms with Crippen LogP contribution in [0.3, 0.4) is 0 Å². The number of hydrogen-bond acceptors (Lipinski definition) is 3. The van der Waals surface area contributed by atoms with Gasteiger partial charge in [0.15, 0.2) is 0 Å². The summed E-state index contributed by atoms with van der Waals surface area (Å²) in [5.74, 6) is 1.89. The Hall–Kier alpha value is -7.67. The molecule has 0 bridgehead atoms. The number of nitrogens with zero attached hydrogens (tertiary/aromatic N) is 4. The normalized spacial score (nSPS) is 11.6. The molecule has 0 spiro atoms. The standard InChI is InChI=1S/C59H44GeN4/c1-41-31-34-55-52(37-41)53-38-42(2)32-35-56(53)64(55)54-36-33-46(59-62-57(43-19-8-3-9-20-43)61-58(63-59)44-21-10-4-11-22-44)40-51(54)45-23-18-30-50(39-45)60(47-24-12-5-13-25-47,48-26-14-6-15-27-48)49-28-16-7-17-29-49/h3-40H,1-2H3. The number of rotatable bonds is 9. The third-order valence-electron chi connectivity index (χ3n) is 12.5. The first-order valence-electron chi connectivity index (χ1n) is 21.9. The van der Waals surface area contributed by atoms with Gasteiger partial charge in [0.25, 0.3) is 0 Å². The molecular weight excluding hydrogens is 837 g/mol. The molecule has 0 unspecified atom stereocenters. The molecule has 5 heteroatoms. The van der Waals surface area contributed by atoms with Gasteiger partial charge in [0.2, 0.25) is 0 Å². The van der Waals surface area contributed by atoms with Crippen molar-refractivity contribution in [2.24, 2.45) is 0 Å². The monoisotopic (exact) mass is 882 g/mol. The molecule has 304 valence electrons. The Labute approximate surface area is 376 Å². The van der Waals surface area contributed by atoms with E-state index in [1.165, 1.54) is 50.5 Å². The number of aryl methyl sites for hydroxylation is 2. The molecule has 11 aromatic rings. The van der Waals surface area contributed by atoms with E-state index in [0.717, 1.165) is 33.5 Å². The molecule has 0 aliphatic rings. The third-order valence-corrected chi connectivity index (χ3v) is 22.5. The van der Waals surface area contributed by atoms with Crippen molar-refractivity contribution in [1.29, 1.82) is 0 Å². The van der Waals surface area contributed by atoms with Crippen molar-refractivity contribution >= 4 is 52.7 Å². The van der Waals surface area contributed by atoms with Crippen LogP contribution in [0.4, 0.5) is 0 Å². The van der Waals surface area contributed by atoms with E-state index in [1.54, 1.807) is 0 Å². The number of hydrogen-bond donors (Lipinski definition) is 0. The van der Waals surface area contributed by atoms with Gasteiger partial charge in [-0.1, -0.05) is 12.1 Å². The fraction of sp³-hybridized carbons (Fsp3) is 0.0339. The van der Waals surface area contributed by atoms with Crippen molar-refractivity contribution in [3.8, 4) is 51.0 Å². The fourth-order valence-corrected chi connectivity index (χ4v) is 19.6. The van der Waals surface area contributed by atoms with Crippen molar-refractivity contribution in [2.45, 2.75) is 13.8 Å². The maximum absolute atomic E-state index is 5.20. The molecule has 0 aliphatic carbocycles. The second-order valence-corrected chi connectivity index (χ2v) is 24.6. The summed E-state index contributed by atoms with van der Waals surface area (Å²) in [6, 6.07) is 83.8. The summed E-state index contributed by atoms with van der Waals surface area (Å²) in [6.45, 7) is 4.35. The van der Waals surface area contributed by atoms with Crippen LogP contribution in [0.25, 0.3) is 72.8 Å². The molecule has 2 heterocycles. The van der Waals surface area contributed by atoms with Crippen LogP contribution in [0.2, 0.25) is 0 Å². The first kappa shape index (κ1) is 39.2. The van der Waals surface area contributed by atoms with Crippen molar-refractivity contribution < 1.29 is 0 Å². The van der Waals surface area contributed by atoms with E-state index < -0.39 is 13.3 Å². The Morgan fingerprint density at radius 2 is 0.734 bits per heavy atom. The summed E-state index contributed by atoms with van der Waals surface area (Å²) < 4.78 is 7.95. The minimum atomic E-state index is -3.64. The van der Waals surface area contributed by atoms with E-state index in [-0.39, 0.29) is 0 Å². The molecule has 0 N–H and O–H groups in total. The molecule has 0 saturated heterocycles. The van der Waals surface area contributed by atoms with E-state index in [2.05, 4.69) is 213 Å². The molecule has 0 fully saturated rings. The van der Waals surface area contributed by atoms with E-state index in [1.807, 2.05) is 36.4 Å². The molecule has 0 radical (unpaired) electrons. The average molecular weight is 882 g/mol. The van der Waals surface area contributed by atoms with Gasteiger partial charge in [0.1, 0.15) is 0 Å². The van der Waals surface area contributed by atoms with Crippen LogP contribution < -0.4 is 17.6 Å². The second kappa shape index (κ2) is 16.6. The molecule has 0 amide bonds. The molecular formula is C59H44GeN4. The van der Waals surface area contributed by atoms with E-state index in [4.69, 9.17) is 15.0 Å². The van der Waals surface area contributed by atoms with Gasteiger partial charge in [-0.05, 0) is 0 Å². The summed E-state index contributed by atoms with van der Waals surface area (Å²) in [5, 5.41) is 2.48. The molecule has 2 aromatic heterocycles. The Morgan fingerprint density at radius 1 is 0.328 bits per heavy atom. The maximum atomic E-state index is 5.20. The first-order chi connectivity index (χ1) is 31.5. The van der Waals surface area contributed by atoms with Crippen LogP contribution in [0.1, 0.15) is 11.1 Å². The molecule has 0 aliphatic heterocycles. The summed E-state index contributed by atoms with van der Waals surface area (Å²) in [4.78, 5) is 15.4. The van der Waals surface area contributed by atoms with E-state index in [9.17, 15) is 0 Å². The van der Waals surface area contributed by atoms with Crippen molar-refractivity contribution in [3.05, 3.63) is 242 Å². The molecule has 0 saturated carbocycles. The Balaban J connectivity index is 1.21. The van der Waals surface area contributed by atoms with Gasteiger partial charge < -0.3 is 0 Å². The number of benzene rings is 9. The van der Waals surface area contributed by atoms with Gasteiger partial charge in [0, 0.05) is 0 Å². The van der Waals surface area contributed by atoms with Crippen LogP contribution in [0.15, 0.2) is 231 Å². The first-order valence-corrected chi connectivity index (χ1v) is 26.0. The quantitative estimate of drug-likeness (QED) is 0.136.